The van der Waals surface area contributed by atoms with E-state index in [0.717, 1.165) is 18.4 Å². The molecule has 1 unspecified atom stereocenters. The summed E-state index contributed by atoms with van der Waals surface area (Å²) in [7, 11) is -4.07. The first-order chi connectivity index (χ1) is 12.4. The molecular weight excluding hydrogens is 354 g/mol. The van der Waals surface area contributed by atoms with Gasteiger partial charge >= 0.3 is 16.2 Å². The maximum atomic E-state index is 12.0. The van der Waals surface area contributed by atoms with E-state index in [1.807, 2.05) is 42.7 Å². The molecule has 0 aliphatic rings. The quantitative estimate of drug-likeness (QED) is 0.709. The minimum Gasteiger partial charge on any atom is -0.445 e. The maximum absolute atomic E-state index is 12.0. The highest BCUT2D eigenvalue weighted by atomic mass is 32.2. The zero-order valence-electron chi connectivity index (χ0n) is 14.8. The van der Waals surface area contributed by atoms with Gasteiger partial charge in [0, 0.05) is 0 Å². The van der Waals surface area contributed by atoms with Crippen LogP contribution < -0.4 is 5.48 Å². The van der Waals surface area contributed by atoms with Crippen molar-refractivity contribution in [1.29, 1.82) is 0 Å². The third kappa shape index (κ3) is 6.50. The summed E-state index contributed by atoms with van der Waals surface area (Å²) in [6.45, 7) is 3.59. The number of rotatable bonds is 8. The highest BCUT2D eigenvalue weighted by Gasteiger charge is 2.18. The monoisotopic (exact) mass is 377 g/mol. The van der Waals surface area contributed by atoms with Gasteiger partial charge in [-0.3, -0.25) is 0 Å². The van der Waals surface area contributed by atoms with Crippen LogP contribution in [-0.4, -0.2) is 20.6 Å². The molecule has 2 aromatic carbocycles. The van der Waals surface area contributed by atoms with Crippen molar-refractivity contribution in [3.8, 4) is 0 Å². The van der Waals surface area contributed by atoms with Crippen LogP contribution in [-0.2, 0) is 25.6 Å². The number of aryl methyl sites for hydroxylation is 2. The van der Waals surface area contributed by atoms with Crippen LogP contribution >= 0.6 is 0 Å². The third-order valence-electron chi connectivity index (χ3n) is 3.77. The van der Waals surface area contributed by atoms with Crippen LogP contribution in [0, 0.1) is 6.92 Å². The summed E-state index contributed by atoms with van der Waals surface area (Å²) in [6, 6.07) is 16.1. The molecule has 0 heterocycles. The van der Waals surface area contributed by atoms with Gasteiger partial charge in [-0.15, -0.1) is 4.28 Å². The second-order valence-corrected chi connectivity index (χ2v) is 7.59. The molecule has 0 aliphatic carbocycles. The second-order valence-electron chi connectivity index (χ2n) is 6.05. The zero-order chi connectivity index (χ0) is 19.0. The minimum atomic E-state index is -4.07. The molecule has 0 aromatic heterocycles. The minimum absolute atomic E-state index is 0.0423. The number of ether oxygens (including phenoxy) is 1. The lowest BCUT2D eigenvalue weighted by Crippen LogP contribution is -2.30. The zero-order valence-corrected chi connectivity index (χ0v) is 15.7. The average Bonchev–Trinajstić information content (AvgIpc) is 2.61. The fraction of sp³-hybridized carbons (Fsp3) is 0.316. The Labute approximate surface area is 154 Å². The number of hydrogen-bond donors (Lipinski definition) is 1. The molecule has 2 aromatic rings. The molecule has 0 spiro atoms. The van der Waals surface area contributed by atoms with E-state index in [-0.39, 0.29) is 11.0 Å². The number of hydrogen-bond acceptors (Lipinski definition) is 5. The molecule has 0 saturated carbocycles. The Morgan fingerprint density at radius 3 is 2.38 bits per heavy atom. The van der Waals surface area contributed by atoms with Crippen LogP contribution in [0.1, 0.15) is 30.9 Å². The average molecular weight is 377 g/mol. The lowest BCUT2D eigenvalue weighted by molar-refractivity contribution is 0.0690. The van der Waals surface area contributed by atoms with Gasteiger partial charge in [0.2, 0.25) is 0 Å². The molecule has 6 nitrogen and oxygen atoms in total. The fourth-order valence-corrected chi connectivity index (χ4v) is 3.09. The Kier molecular flexibility index (Phi) is 7.17. The molecular formula is C19H23NO5S. The molecule has 0 bridgehead atoms. The van der Waals surface area contributed by atoms with Crippen molar-refractivity contribution in [3.63, 3.8) is 0 Å². The van der Waals surface area contributed by atoms with Crippen LogP contribution in [0.3, 0.4) is 0 Å². The van der Waals surface area contributed by atoms with Crippen LogP contribution in [0.25, 0.3) is 0 Å². The Bertz CT molecular complexity index is 804. The predicted octanol–water partition coefficient (Wildman–Crippen LogP) is 3.75. The van der Waals surface area contributed by atoms with Crippen molar-refractivity contribution in [2.24, 2.45) is 0 Å². The molecule has 0 fully saturated rings. The van der Waals surface area contributed by atoms with Crippen LogP contribution in [0.4, 0.5) is 4.79 Å². The van der Waals surface area contributed by atoms with Gasteiger partial charge in [-0.05, 0) is 50.8 Å². The third-order valence-corrected chi connectivity index (χ3v) is 4.92. The van der Waals surface area contributed by atoms with Crippen LogP contribution in [0.2, 0.25) is 0 Å². The highest BCUT2D eigenvalue weighted by Crippen LogP contribution is 2.12. The standard InChI is InChI=1S/C19H23NO5S/c1-15-11-13-18(14-12-15)26(22,23)25-20-19(21)24-16(2)7-6-10-17-8-4-3-5-9-17/h3-5,8-9,11-14,16H,6-7,10H2,1-2H3,(H,20,21). The highest BCUT2D eigenvalue weighted by molar-refractivity contribution is 7.86. The Morgan fingerprint density at radius 1 is 1.08 bits per heavy atom. The molecule has 26 heavy (non-hydrogen) atoms. The summed E-state index contributed by atoms with van der Waals surface area (Å²) in [5.41, 5.74) is 3.96. The molecule has 1 N–H and O–H groups in total. The van der Waals surface area contributed by atoms with Gasteiger partial charge in [0.15, 0.2) is 0 Å². The molecule has 2 rings (SSSR count). The van der Waals surface area contributed by atoms with E-state index in [1.54, 1.807) is 19.1 Å². The Morgan fingerprint density at radius 2 is 1.73 bits per heavy atom. The van der Waals surface area contributed by atoms with Gasteiger partial charge in [0.05, 0.1) is 4.90 Å². The van der Waals surface area contributed by atoms with E-state index >= 15 is 0 Å². The largest absolute Gasteiger partial charge is 0.445 e. The lowest BCUT2D eigenvalue weighted by atomic mass is 10.1. The van der Waals surface area contributed by atoms with Gasteiger partial charge in [0.1, 0.15) is 6.10 Å². The number of hydroxylamine groups is 1. The number of benzene rings is 2. The van der Waals surface area contributed by atoms with Crippen molar-refractivity contribution in [1.82, 2.24) is 5.48 Å². The number of carbonyl (C=O) groups excluding carboxylic acids is 1. The van der Waals surface area contributed by atoms with E-state index in [1.165, 1.54) is 17.7 Å². The Hall–Kier alpha value is -2.38. The lowest BCUT2D eigenvalue weighted by Gasteiger charge is -2.13. The SMILES string of the molecule is Cc1ccc(S(=O)(=O)ONC(=O)OC(C)CCCc2ccccc2)cc1. The van der Waals surface area contributed by atoms with Gasteiger partial charge in [-0.2, -0.15) is 13.9 Å². The summed E-state index contributed by atoms with van der Waals surface area (Å²) in [4.78, 5) is 11.7. The van der Waals surface area contributed by atoms with Crippen molar-refractivity contribution >= 4 is 16.2 Å². The van der Waals surface area contributed by atoms with Gasteiger partial charge in [0.25, 0.3) is 0 Å². The van der Waals surface area contributed by atoms with E-state index < -0.39 is 16.2 Å². The number of nitrogens with one attached hydrogen (secondary N) is 1. The van der Waals surface area contributed by atoms with Gasteiger partial charge in [-0.25, -0.2) is 4.79 Å². The summed E-state index contributed by atoms with van der Waals surface area (Å²) in [5, 5.41) is 0. The smallest absolute Gasteiger partial charge is 0.432 e. The molecule has 0 radical (unpaired) electrons. The van der Waals surface area contributed by atoms with E-state index in [2.05, 4.69) is 4.28 Å². The van der Waals surface area contributed by atoms with E-state index in [0.29, 0.717) is 6.42 Å². The summed E-state index contributed by atoms with van der Waals surface area (Å²) in [5.74, 6) is 0. The van der Waals surface area contributed by atoms with Crippen molar-refractivity contribution < 1.29 is 22.2 Å². The molecule has 7 heteroatoms. The molecule has 0 aliphatic heterocycles. The first-order valence-electron chi connectivity index (χ1n) is 8.37. The maximum Gasteiger partial charge on any atom is 0.432 e. The second kappa shape index (κ2) is 9.35. The summed E-state index contributed by atoms with van der Waals surface area (Å²) >= 11 is 0. The normalized spacial score (nSPS) is 12.4. The van der Waals surface area contributed by atoms with Crippen LogP contribution in [0.5, 0.6) is 0 Å². The molecule has 140 valence electrons. The first kappa shape index (κ1) is 19.9. The molecule has 1 amide bonds. The van der Waals surface area contributed by atoms with Crippen molar-refractivity contribution in [3.05, 3.63) is 65.7 Å². The number of carbonyl (C=O) groups is 1. The molecule has 1 atom stereocenters. The molecule has 0 saturated heterocycles. The number of amides is 1. The topological polar surface area (TPSA) is 81.7 Å². The van der Waals surface area contributed by atoms with Gasteiger partial charge in [-0.1, -0.05) is 48.0 Å². The first-order valence-corrected chi connectivity index (χ1v) is 9.78. The summed E-state index contributed by atoms with van der Waals surface area (Å²) in [6.07, 6.45) is 1.10. The fourth-order valence-electron chi connectivity index (χ4n) is 2.35. The van der Waals surface area contributed by atoms with Crippen molar-refractivity contribution in [2.75, 3.05) is 0 Å². The van der Waals surface area contributed by atoms with Crippen molar-refractivity contribution in [2.45, 2.75) is 44.1 Å². The summed E-state index contributed by atoms with van der Waals surface area (Å²) < 4.78 is 33.6. The Balaban J connectivity index is 1.72. The van der Waals surface area contributed by atoms with Crippen LogP contribution in [0.15, 0.2) is 59.5 Å². The van der Waals surface area contributed by atoms with E-state index in [4.69, 9.17) is 4.74 Å². The van der Waals surface area contributed by atoms with E-state index in [9.17, 15) is 13.2 Å². The van der Waals surface area contributed by atoms with Gasteiger partial charge < -0.3 is 4.74 Å². The predicted molar refractivity (Wildman–Crippen MR) is 97.9 cm³/mol.